The van der Waals surface area contributed by atoms with E-state index < -0.39 is 0 Å². The highest BCUT2D eigenvalue weighted by molar-refractivity contribution is 5.14. The van der Waals surface area contributed by atoms with Crippen LogP contribution in [0.25, 0.3) is 0 Å². The fourth-order valence-corrected chi connectivity index (χ4v) is 3.57. The first-order valence-electron chi connectivity index (χ1n) is 8.02. The first-order chi connectivity index (χ1) is 9.28. The van der Waals surface area contributed by atoms with Gasteiger partial charge in [0.2, 0.25) is 0 Å². The van der Waals surface area contributed by atoms with Crippen molar-refractivity contribution in [3.8, 4) is 0 Å². The number of hydrogen-bond donors (Lipinski definition) is 1. The van der Waals surface area contributed by atoms with Crippen LogP contribution in [0.5, 0.6) is 0 Å². The van der Waals surface area contributed by atoms with E-state index in [0.29, 0.717) is 5.41 Å². The van der Waals surface area contributed by atoms with Crippen molar-refractivity contribution >= 4 is 0 Å². The van der Waals surface area contributed by atoms with Crippen LogP contribution >= 0.6 is 0 Å². The molecule has 0 aromatic heterocycles. The maximum absolute atomic E-state index is 6.10. The van der Waals surface area contributed by atoms with Gasteiger partial charge in [0, 0.05) is 0 Å². The Labute approximate surface area is 118 Å². The number of hydrogen-bond acceptors (Lipinski definition) is 1. The van der Waals surface area contributed by atoms with Gasteiger partial charge in [-0.15, -0.1) is 0 Å². The number of rotatable bonds is 6. The molecule has 1 heteroatoms. The molecule has 2 N–H and O–H groups in total. The maximum atomic E-state index is 6.10. The Morgan fingerprint density at radius 3 is 2.42 bits per heavy atom. The zero-order chi connectivity index (χ0) is 13.6. The van der Waals surface area contributed by atoms with Crippen LogP contribution in [0.1, 0.15) is 57.4 Å². The topological polar surface area (TPSA) is 26.0 Å². The molecule has 1 aromatic carbocycles. The first kappa shape index (κ1) is 14.6. The average molecular weight is 259 g/mol. The van der Waals surface area contributed by atoms with Gasteiger partial charge >= 0.3 is 0 Å². The Morgan fingerprint density at radius 1 is 1.16 bits per heavy atom. The largest absolute Gasteiger partial charge is 0.330 e. The Balaban J connectivity index is 1.80. The molecular weight excluding hydrogens is 230 g/mol. The van der Waals surface area contributed by atoms with Crippen molar-refractivity contribution in [1.29, 1.82) is 0 Å². The molecule has 0 radical (unpaired) electrons. The van der Waals surface area contributed by atoms with Crippen LogP contribution in [0.3, 0.4) is 0 Å². The maximum Gasteiger partial charge on any atom is -0.00205 e. The molecule has 106 valence electrons. The highest BCUT2D eigenvalue weighted by atomic mass is 14.6. The van der Waals surface area contributed by atoms with Gasteiger partial charge in [0.1, 0.15) is 0 Å². The summed E-state index contributed by atoms with van der Waals surface area (Å²) in [4.78, 5) is 0. The summed E-state index contributed by atoms with van der Waals surface area (Å²) in [5, 5.41) is 0. The van der Waals surface area contributed by atoms with Crippen molar-refractivity contribution in [2.24, 2.45) is 17.1 Å². The zero-order valence-electron chi connectivity index (χ0n) is 12.4. The number of benzene rings is 1. The van der Waals surface area contributed by atoms with Crippen molar-refractivity contribution in [3.63, 3.8) is 0 Å². The van der Waals surface area contributed by atoms with Crippen molar-refractivity contribution in [2.45, 2.75) is 58.3 Å². The van der Waals surface area contributed by atoms with Crippen molar-refractivity contribution in [2.75, 3.05) is 6.54 Å². The summed E-state index contributed by atoms with van der Waals surface area (Å²) in [6.07, 6.45) is 10.7. The van der Waals surface area contributed by atoms with Crippen LogP contribution in [-0.4, -0.2) is 6.54 Å². The summed E-state index contributed by atoms with van der Waals surface area (Å²) < 4.78 is 0. The van der Waals surface area contributed by atoms with Gasteiger partial charge in [0.15, 0.2) is 0 Å². The van der Waals surface area contributed by atoms with E-state index in [0.717, 1.165) is 12.5 Å². The third-order valence-corrected chi connectivity index (χ3v) is 5.19. The molecule has 1 fully saturated rings. The van der Waals surface area contributed by atoms with Gasteiger partial charge in [-0.2, -0.15) is 0 Å². The highest BCUT2D eigenvalue weighted by Crippen LogP contribution is 2.42. The lowest BCUT2D eigenvalue weighted by Gasteiger charge is -2.39. The van der Waals surface area contributed by atoms with Crippen LogP contribution in [0.4, 0.5) is 0 Å². The van der Waals surface area contributed by atoms with Crippen molar-refractivity contribution in [1.82, 2.24) is 0 Å². The van der Waals surface area contributed by atoms with E-state index in [1.165, 1.54) is 56.9 Å². The van der Waals surface area contributed by atoms with Crippen molar-refractivity contribution < 1.29 is 0 Å². The Bertz CT molecular complexity index is 349. The summed E-state index contributed by atoms with van der Waals surface area (Å²) >= 11 is 0. The smallest absolute Gasteiger partial charge is 0.00205 e. The van der Waals surface area contributed by atoms with Gasteiger partial charge in [0.05, 0.1) is 0 Å². The lowest BCUT2D eigenvalue weighted by atomic mass is 9.67. The second kappa shape index (κ2) is 7.09. The van der Waals surface area contributed by atoms with E-state index in [2.05, 4.69) is 37.3 Å². The third kappa shape index (κ3) is 4.07. The summed E-state index contributed by atoms with van der Waals surface area (Å²) in [7, 11) is 0. The summed E-state index contributed by atoms with van der Waals surface area (Å²) in [5.41, 5.74) is 8.03. The van der Waals surface area contributed by atoms with Crippen LogP contribution in [0.2, 0.25) is 0 Å². The van der Waals surface area contributed by atoms with Gasteiger partial charge < -0.3 is 5.73 Å². The molecule has 2 rings (SSSR count). The number of nitrogens with two attached hydrogens (primary N) is 1. The molecule has 0 saturated heterocycles. The Morgan fingerprint density at radius 2 is 1.84 bits per heavy atom. The lowest BCUT2D eigenvalue weighted by molar-refractivity contribution is 0.139. The minimum absolute atomic E-state index is 0.459. The molecule has 19 heavy (non-hydrogen) atoms. The molecule has 0 heterocycles. The van der Waals surface area contributed by atoms with Gasteiger partial charge in [-0.1, -0.05) is 43.7 Å². The lowest BCUT2D eigenvalue weighted by Crippen LogP contribution is -2.35. The molecule has 0 atom stereocenters. The summed E-state index contributed by atoms with van der Waals surface area (Å²) in [6, 6.07) is 10.9. The average Bonchev–Trinajstić information content (AvgIpc) is 2.49. The molecular formula is C18H29N. The molecule has 0 bridgehead atoms. The first-order valence-corrected chi connectivity index (χ1v) is 8.02. The second-order valence-electron chi connectivity index (χ2n) is 6.39. The molecule has 1 nitrogen and oxygen atoms in total. The van der Waals surface area contributed by atoms with Crippen LogP contribution < -0.4 is 5.73 Å². The van der Waals surface area contributed by atoms with Gasteiger partial charge in [0.25, 0.3) is 0 Å². The molecule has 1 aliphatic carbocycles. The SMILES string of the molecule is CCC1CCC(CN)(CCCc2ccccc2)CC1. The molecule has 1 aliphatic rings. The fraction of sp³-hybridized carbons (Fsp3) is 0.667. The number of aryl methyl sites for hydroxylation is 1. The van der Waals surface area contributed by atoms with E-state index in [-0.39, 0.29) is 0 Å². The fourth-order valence-electron chi connectivity index (χ4n) is 3.57. The van der Waals surface area contributed by atoms with E-state index >= 15 is 0 Å². The van der Waals surface area contributed by atoms with Gasteiger partial charge in [-0.3, -0.25) is 0 Å². The molecule has 0 aliphatic heterocycles. The minimum atomic E-state index is 0.459. The molecule has 0 unspecified atom stereocenters. The normalized spacial score (nSPS) is 27.4. The van der Waals surface area contributed by atoms with E-state index in [1.54, 1.807) is 0 Å². The van der Waals surface area contributed by atoms with E-state index in [4.69, 9.17) is 5.73 Å². The molecule has 1 aromatic rings. The third-order valence-electron chi connectivity index (χ3n) is 5.19. The Kier molecular flexibility index (Phi) is 5.45. The molecule has 1 saturated carbocycles. The quantitative estimate of drug-likeness (QED) is 0.796. The molecule has 0 spiro atoms. The van der Waals surface area contributed by atoms with E-state index in [9.17, 15) is 0 Å². The molecule has 0 amide bonds. The monoisotopic (exact) mass is 259 g/mol. The van der Waals surface area contributed by atoms with Crippen LogP contribution in [0.15, 0.2) is 30.3 Å². The Hall–Kier alpha value is -0.820. The predicted octanol–water partition coefficient (Wildman–Crippen LogP) is 4.55. The summed E-state index contributed by atoms with van der Waals surface area (Å²) in [6.45, 7) is 3.22. The summed E-state index contributed by atoms with van der Waals surface area (Å²) in [5.74, 6) is 0.966. The van der Waals surface area contributed by atoms with Crippen LogP contribution in [0, 0.1) is 11.3 Å². The van der Waals surface area contributed by atoms with Gasteiger partial charge in [-0.05, 0) is 68.4 Å². The van der Waals surface area contributed by atoms with Gasteiger partial charge in [-0.25, -0.2) is 0 Å². The minimum Gasteiger partial charge on any atom is -0.330 e. The standard InChI is InChI=1S/C18H29N/c1-2-16-10-13-18(15-19,14-11-16)12-6-9-17-7-4-3-5-8-17/h3-5,7-8,16H,2,6,9-15,19H2,1H3. The highest BCUT2D eigenvalue weighted by Gasteiger charge is 2.32. The van der Waals surface area contributed by atoms with Crippen LogP contribution in [-0.2, 0) is 6.42 Å². The second-order valence-corrected chi connectivity index (χ2v) is 6.39. The van der Waals surface area contributed by atoms with Crippen molar-refractivity contribution in [3.05, 3.63) is 35.9 Å². The zero-order valence-corrected chi connectivity index (χ0v) is 12.4. The predicted molar refractivity (Wildman–Crippen MR) is 83.1 cm³/mol. The van der Waals surface area contributed by atoms with E-state index in [1.807, 2.05) is 0 Å².